The Balaban J connectivity index is 2.36. The highest BCUT2D eigenvalue weighted by molar-refractivity contribution is 9.10. The Morgan fingerprint density at radius 3 is 2.59 bits per heavy atom. The molecule has 0 bridgehead atoms. The Morgan fingerprint density at radius 2 is 2.06 bits per heavy atom. The minimum absolute atomic E-state index is 0.460. The van der Waals surface area contributed by atoms with Gasteiger partial charge in [-0.25, -0.2) is 4.68 Å². The summed E-state index contributed by atoms with van der Waals surface area (Å²) in [7, 11) is 0. The van der Waals surface area contributed by atoms with E-state index < -0.39 is 0 Å². The number of hydrogen-bond acceptors (Lipinski definition) is 1. The van der Waals surface area contributed by atoms with Crippen LogP contribution in [0.1, 0.15) is 31.0 Å². The highest BCUT2D eigenvalue weighted by Gasteiger charge is 2.06. The molecule has 0 aliphatic rings. The first-order valence-electron chi connectivity index (χ1n) is 5.52. The van der Waals surface area contributed by atoms with Gasteiger partial charge in [-0.1, -0.05) is 51.8 Å². The first-order valence-corrected chi connectivity index (χ1v) is 7.43. The first-order chi connectivity index (χ1) is 8.11. The molecular formula is C13H14Br2N2. The summed E-state index contributed by atoms with van der Waals surface area (Å²) in [5.41, 5.74) is 3.43. The summed E-state index contributed by atoms with van der Waals surface area (Å²) in [5, 5.41) is 5.41. The minimum Gasteiger partial charge on any atom is -0.241 e. The van der Waals surface area contributed by atoms with Crippen LogP contribution in [0.25, 0.3) is 5.69 Å². The third-order valence-corrected chi connectivity index (χ3v) is 3.99. The molecule has 0 unspecified atom stereocenters. The Bertz CT molecular complexity index is 518. The summed E-state index contributed by atoms with van der Waals surface area (Å²) in [6.07, 6.45) is 2.00. The van der Waals surface area contributed by atoms with Gasteiger partial charge < -0.3 is 0 Å². The summed E-state index contributed by atoms with van der Waals surface area (Å²) in [6, 6.07) is 8.34. The van der Waals surface area contributed by atoms with Crippen molar-refractivity contribution in [1.29, 1.82) is 0 Å². The van der Waals surface area contributed by atoms with Crippen molar-refractivity contribution in [2.75, 3.05) is 0 Å². The van der Waals surface area contributed by atoms with Crippen molar-refractivity contribution < 1.29 is 0 Å². The maximum Gasteiger partial charge on any atom is 0.0657 e. The molecule has 2 aromatic rings. The lowest BCUT2D eigenvalue weighted by Gasteiger charge is -2.05. The number of benzene rings is 1. The molecule has 1 heterocycles. The van der Waals surface area contributed by atoms with E-state index in [4.69, 9.17) is 0 Å². The van der Waals surface area contributed by atoms with Crippen LogP contribution in [0.15, 0.2) is 34.9 Å². The Hall–Kier alpha value is -0.610. The number of aromatic nitrogens is 2. The fourth-order valence-corrected chi connectivity index (χ4v) is 2.95. The first kappa shape index (κ1) is 12.8. The fourth-order valence-electron chi connectivity index (χ4n) is 1.58. The van der Waals surface area contributed by atoms with E-state index in [2.05, 4.69) is 75.1 Å². The third kappa shape index (κ3) is 2.80. The van der Waals surface area contributed by atoms with Crippen LogP contribution in [-0.2, 0) is 5.33 Å². The van der Waals surface area contributed by atoms with E-state index in [1.54, 1.807) is 0 Å². The predicted octanol–water partition coefficient (Wildman–Crippen LogP) is 4.65. The van der Waals surface area contributed by atoms with Gasteiger partial charge in [-0.15, -0.1) is 0 Å². The van der Waals surface area contributed by atoms with E-state index in [0.29, 0.717) is 5.92 Å². The molecule has 0 atom stereocenters. The van der Waals surface area contributed by atoms with E-state index >= 15 is 0 Å². The van der Waals surface area contributed by atoms with Gasteiger partial charge in [0.15, 0.2) is 0 Å². The molecule has 1 aromatic carbocycles. The zero-order valence-corrected chi connectivity index (χ0v) is 13.0. The van der Waals surface area contributed by atoms with Crippen molar-refractivity contribution in [2.45, 2.75) is 25.1 Å². The molecule has 4 heteroatoms. The van der Waals surface area contributed by atoms with Crippen LogP contribution in [0.5, 0.6) is 0 Å². The summed E-state index contributed by atoms with van der Waals surface area (Å²) >= 11 is 7.03. The van der Waals surface area contributed by atoms with Gasteiger partial charge in [0.1, 0.15) is 0 Å². The topological polar surface area (TPSA) is 17.8 Å². The van der Waals surface area contributed by atoms with Gasteiger partial charge in [0.2, 0.25) is 0 Å². The van der Waals surface area contributed by atoms with Crippen molar-refractivity contribution in [3.63, 3.8) is 0 Å². The lowest BCUT2D eigenvalue weighted by Crippen LogP contribution is -1.97. The van der Waals surface area contributed by atoms with Crippen molar-refractivity contribution in [3.8, 4) is 5.69 Å². The Labute approximate surface area is 118 Å². The lowest BCUT2D eigenvalue weighted by molar-refractivity contribution is 0.768. The standard InChI is InChI=1S/C13H14Br2N2/c1-9(2)13-5-6-17(16-13)11-4-3-10(8-14)12(15)7-11/h3-7,9H,8H2,1-2H3. The van der Waals surface area contributed by atoms with Gasteiger partial charge in [-0.3, -0.25) is 0 Å². The summed E-state index contributed by atoms with van der Waals surface area (Å²) in [5.74, 6) is 0.460. The van der Waals surface area contributed by atoms with Crippen LogP contribution in [0.3, 0.4) is 0 Å². The molecule has 1 aromatic heterocycles. The second kappa shape index (κ2) is 5.36. The van der Waals surface area contributed by atoms with Gasteiger partial charge in [0, 0.05) is 16.0 Å². The van der Waals surface area contributed by atoms with Crippen molar-refractivity contribution in [1.82, 2.24) is 9.78 Å². The van der Waals surface area contributed by atoms with E-state index in [9.17, 15) is 0 Å². The predicted molar refractivity (Wildman–Crippen MR) is 78.0 cm³/mol. The molecule has 2 rings (SSSR count). The number of hydrogen-bond donors (Lipinski definition) is 0. The maximum atomic E-state index is 4.56. The van der Waals surface area contributed by atoms with Crippen LogP contribution < -0.4 is 0 Å². The van der Waals surface area contributed by atoms with Crippen LogP contribution in [0.2, 0.25) is 0 Å². The SMILES string of the molecule is CC(C)c1ccn(-c2ccc(CBr)c(Br)c2)n1. The van der Waals surface area contributed by atoms with Gasteiger partial charge in [0.25, 0.3) is 0 Å². The van der Waals surface area contributed by atoms with E-state index in [1.807, 2.05) is 10.9 Å². The summed E-state index contributed by atoms with van der Waals surface area (Å²) < 4.78 is 3.02. The average molecular weight is 358 g/mol. The normalized spacial score (nSPS) is 11.1. The molecule has 0 fully saturated rings. The molecular weight excluding hydrogens is 344 g/mol. The van der Waals surface area contributed by atoms with Gasteiger partial charge in [0.05, 0.1) is 11.4 Å². The Kier molecular flexibility index (Phi) is 4.05. The Morgan fingerprint density at radius 1 is 1.29 bits per heavy atom. The number of alkyl halides is 1. The smallest absolute Gasteiger partial charge is 0.0657 e. The molecule has 0 amide bonds. The van der Waals surface area contributed by atoms with Gasteiger partial charge in [-0.05, 0) is 29.7 Å². The quantitative estimate of drug-likeness (QED) is 0.731. The van der Waals surface area contributed by atoms with E-state index in [-0.39, 0.29) is 0 Å². The third-order valence-electron chi connectivity index (χ3n) is 2.65. The summed E-state index contributed by atoms with van der Waals surface area (Å²) in [4.78, 5) is 0. The van der Waals surface area contributed by atoms with Crippen LogP contribution in [0.4, 0.5) is 0 Å². The minimum atomic E-state index is 0.460. The zero-order chi connectivity index (χ0) is 12.4. The number of halogens is 2. The van der Waals surface area contributed by atoms with Crippen LogP contribution in [-0.4, -0.2) is 9.78 Å². The van der Waals surface area contributed by atoms with Crippen molar-refractivity contribution >= 4 is 31.9 Å². The van der Waals surface area contributed by atoms with Crippen molar-refractivity contribution in [2.24, 2.45) is 0 Å². The lowest BCUT2D eigenvalue weighted by atomic mass is 10.1. The maximum absolute atomic E-state index is 4.56. The molecule has 17 heavy (non-hydrogen) atoms. The van der Waals surface area contributed by atoms with E-state index in [1.165, 1.54) is 5.56 Å². The number of rotatable bonds is 3. The summed E-state index contributed by atoms with van der Waals surface area (Å²) in [6.45, 7) is 4.30. The highest BCUT2D eigenvalue weighted by Crippen LogP contribution is 2.23. The van der Waals surface area contributed by atoms with Crippen LogP contribution in [0, 0.1) is 0 Å². The average Bonchev–Trinajstić information content (AvgIpc) is 2.78. The van der Waals surface area contributed by atoms with Gasteiger partial charge >= 0.3 is 0 Å². The largest absolute Gasteiger partial charge is 0.241 e. The molecule has 90 valence electrons. The van der Waals surface area contributed by atoms with Crippen molar-refractivity contribution in [3.05, 3.63) is 46.2 Å². The second-order valence-corrected chi connectivity index (χ2v) is 5.66. The monoisotopic (exact) mass is 356 g/mol. The molecule has 2 nitrogen and oxygen atoms in total. The molecule has 0 saturated carbocycles. The molecule has 0 aliphatic heterocycles. The second-order valence-electron chi connectivity index (χ2n) is 4.25. The van der Waals surface area contributed by atoms with Gasteiger partial charge in [-0.2, -0.15) is 5.10 Å². The highest BCUT2D eigenvalue weighted by atomic mass is 79.9. The molecule has 0 spiro atoms. The molecule has 0 radical (unpaired) electrons. The van der Waals surface area contributed by atoms with E-state index in [0.717, 1.165) is 21.2 Å². The fraction of sp³-hybridized carbons (Fsp3) is 0.308. The van der Waals surface area contributed by atoms with Crippen LogP contribution >= 0.6 is 31.9 Å². The molecule has 0 saturated heterocycles. The molecule has 0 N–H and O–H groups in total. The zero-order valence-electron chi connectivity index (χ0n) is 9.82. The molecule has 0 aliphatic carbocycles. The number of nitrogens with zero attached hydrogens (tertiary/aromatic N) is 2.